The van der Waals surface area contributed by atoms with E-state index < -0.39 is 24.3 Å². The molecule has 0 atom stereocenters. The van der Waals surface area contributed by atoms with Gasteiger partial charge in [0.25, 0.3) is 5.69 Å². The lowest BCUT2D eigenvalue weighted by molar-refractivity contribution is -0.384. The summed E-state index contributed by atoms with van der Waals surface area (Å²) in [4.78, 5) is 11.1. The summed E-state index contributed by atoms with van der Waals surface area (Å²) in [6.45, 7) is -1.96. The maximum absolute atomic E-state index is 12.5. The van der Waals surface area contributed by atoms with Gasteiger partial charge in [-0.05, 0) is 11.6 Å². The fraction of sp³-hybridized carbons (Fsp3) is 0.500. The molecule has 0 saturated carbocycles. The predicted molar refractivity (Wildman–Crippen MR) is 71.1 cm³/mol. The topological polar surface area (TPSA) is 78.6 Å². The number of nitro groups is 1. The van der Waals surface area contributed by atoms with Crippen LogP contribution in [-0.4, -0.2) is 47.9 Å². The van der Waals surface area contributed by atoms with E-state index in [1.807, 2.05) is 0 Å². The highest BCUT2D eigenvalue weighted by Crippen LogP contribution is 2.25. The Morgan fingerprint density at radius 2 is 2.10 bits per heavy atom. The van der Waals surface area contributed by atoms with Crippen LogP contribution >= 0.6 is 0 Å². The van der Waals surface area contributed by atoms with Gasteiger partial charge in [0.2, 0.25) is 0 Å². The van der Waals surface area contributed by atoms with Gasteiger partial charge in [0, 0.05) is 38.0 Å². The highest BCUT2D eigenvalue weighted by Gasteiger charge is 2.30. The number of nitro benzene ring substituents is 1. The Labute approximate surface area is 119 Å². The molecule has 1 aromatic carbocycles. The van der Waals surface area contributed by atoms with Crippen molar-refractivity contribution in [1.82, 2.24) is 4.90 Å². The minimum Gasteiger partial charge on any atom is -0.395 e. The molecule has 1 rings (SSSR count). The quantitative estimate of drug-likeness (QED) is 0.595. The molecule has 0 unspecified atom stereocenters. The van der Waals surface area contributed by atoms with Gasteiger partial charge in [-0.2, -0.15) is 13.2 Å². The minimum atomic E-state index is -4.41. The molecule has 0 bridgehead atoms. The van der Waals surface area contributed by atoms with Crippen LogP contribution in [0.15, 0.2) is 18.2 Å². The number of nitrogens with one attached hydrogen (secondary N) is 1. The fourth-order valence-corrected chi connectivity index (χ4v) is 1.92. The van der Waals surface area contributed by atoms with Crippen molar-refractivity contribution in [2.24, 2.45) is 0 Å². The van der Waals surface area contributed by atoms with Crippen molar-refractivity contribution in [3.05, 3.63) is 33.9 Å². The van der Waals surface area contributed by atoms with Crippen molar-refractivity contribution in [2.75, 3.05) is 32.1 Å². The third-order valence-electron chi connectivity index (χ3n) is 2.78. The summed E-state index contributed by atoms with van der Waals surface area (Å²) in [5, 5.41) is 22.4. The number of halogens is 3. The van der Waals surface area contributed by atoms with Crippen LogP contribution in [0.4, 0.5) is 24.5 Å². The van der Waals surface area contributed by atoms with Gasteiger partial charge in [-0.15, -0.1) is 0 Å². The first-order valence-electron chi connectivity index (χ1n) is 6.12. The molecule has 118 valence electrons. The molecule has 0 aromatic heterocycles. The second-order valence-corrected chi connectivity index (χ2v) is 4.40. The molecule has 0 spiro atoms. The van der Waals surface area contributed by atoms with Gasteiger partial charge < -0.3 is 10.4 Å². The van der Waals surface area contributed by atoms with Crippen LogP contribution < -0.4 is 5.32 Å². The SMILES string of the molecule is CNc1ccc([N+](=O)[O-])cc1CN(CCO)CC(F)(F)F. The second-order valence-electron chi connectivity index (χ2n) is 4.40. The van der Waals surface area contributed by atoms with E-state index in [1.54, 1.807) is 7.05 Å². The zero-order valence-electron chi connectivity index (χ0n) is 11.4. The lowest BCUT2D eigenvalue weighted by Gasteiger charge is -2.23. The Bertz CT molecular complexity index is 494. The Hall–Kier alpha value is -1.87. The van der Waals surface area contributed by atoms with Gasteiger partial charge in [-0.25, -0.2) is 0 Å². The van der Waals surface area contributed by atoms with Crippen LogP contribution in [0.1, 0.15) is 5.56 Å². The van der Waals surface area contributed by atoms with Gasteiger partial charge in [0.15, 0.2) is 0 Å². The lowest BCUT2D eigenvalue weighted by atomic mass is 10.1. The number of non-ortho nitro benzene ring substituents is 1. The molecule has 0 radical (unpaired) electrons. The molecule has 6 nitrogen and oxygen atoms in total. The number of aliphatic hydroxyl groups is 1. The summed E-state index contributed by atoms with van der Waals surface area (Å²) < 4.78 is 37.4. The van der Waals surface area contributed by atoms with Crippen molar-refractivity contribution >= 4 is 11.4 Å². The van der Waals surface area contributed by atoms with Crippen molar-refractivity contribution in [1.29, 1.82) is 0 Å². The number of anilines is 1. The Morgan fingerprint density at radius 1 is 1.43 bits per heavy atom. The predicted octanol–water partition coefficient (Wildman–Crippen LogP) is 1.99. The van der Waals surface area contributed by atoms with Gasteiger partial charge in [-0.1, -0.05) is 0 Å². The monoisotopic (exact) mass is 307 g/mol. The first-order valence-corrected chi connectivity index (χ1v) is 6.12. The van der Waals surface area contributed by atoms with Crippen molar-refractivity contribution in [2.45, 2.75) is 12.7 Å². The molecule has 0 saturated heterocycles. The molecule has 0 aliphatic heterocycles. The number of nitrogens with zero attached hydrogens (tertiary/aromatic N) is 2. The highest BCUT2D eigenvalue weighted by atomic mass is 19.4. The molecule has 0 aliphatic carbocycles. The van der Waals surface area contributed by atoms with E-state index in [1.165, 1.54) is 18.2 Å². The van der Waals surface area contributed by atoms with E-state index in [-0.39, 0.29) is 18.8 Å². The largest absolute Gasteiger partial charge is 0.401 e. The summed E-state index contributed by atoms with van der Waals surface area (Å²) in [5.74, 6) is 0. The molecule has 9 heteroatoms. The number of rotatable bonds is 7. The molecular formula is C12H16F3N3O3. The molecule has 21 heavy (non-hydrogen) atoms. The Balaban J connectivity index is 3.00. The lowest BCUT2D eigenvalue weighted by Crippen LogP contribution is -2.35. The van der Waals surface area contributed by atoms with E-state index in [9.17, 15) is 23.3 Å². The number of benzene rings is 1. The van der Waals surface area contributed by atoms with Crippen LogP contribution in [0.5, 0.6) is 0 Å². The number of hydrogen-bond donors (Lipinski definition) is 2. The van der Waals surface area contributed by atoms with Crippen molar-refractivity contribution < 1.29 is 23.2 Å². The molecule has 2 N–H and O–H groups in total. The van der Waals surface area contributed by atoms with Gasteiger partial charge in [0.05, 0.1) is 18.1 Å². The first kappa shape index (κ1) is 17.2. The first-order chi connectivity index (χ1) is 9.76. The van der Waals surface area contributed by atoms with E-state index in [4.69, 9.17) is 5.11 Å². The van der Waals surface area contributed by atoms with E-state index in [2.05, 4.69) is 5.32 Å². The van der Waals surface area contributed by atoms with Crippen LogP contribution in [0.25, 0.3) is 0 Å². The van der Waals surface area contributed by atoms with E-state index in [0.29, 0.717) is 11.3 Å². The number of aliphatic hydroxyl groups excluding tert-OH is 1. The zero-order valence-corrected chi connectivity index (χ0v) is 11.4. The zero-order chi connectivity index (χ0) is 16.0. The molecule has 1 aromatic rings. The summed E-state index contributed by atoms with van der Waals surface area (Å²) in [6, 6.07) is 3.94. The third kappa shape index (κ3) is 5.56. The fourth-order valence-electron chi connectivity index (χ4n) is 1.92. The van der Waals surface area contributed by atoms with Crippen molar-refractivity contribution in [3.8, 4) is 0 Å². The minimum absolute atomic E-state index is 0.155. The molecule has 0 aliphatic rings. The molecule has 0 fully saturated rings. The van der Waals surface area contributed by atoms with E-state index in [0.717, 1.165) is 4.90 Å². The van der Waals surface area contributed by atoms with Crippen molar-refractivity contribution in [3.63, 3.8) is 0 Å². The molecular weight excluding hydrogens is 291 g/mol. The van der Waals surface area contributed by atoms with Gasteiger partial charge in [-0.3, -0.25) is 15.0 Å². The van der Waals surface area contributed by atoms with Gasteiger partial charge in [0.1, 0.15) is 0 Å². The average molecular weight is 307 g/mol. The Morgan fingerprint density at radius 3 is 2.57 bits per heavy atom. The highest BCUT2D eigenvalue weighted by molar-refractivity contribution is 5.55. The summed E-state index contributed by atoms with van der Waals surface area (Å²) >= 11 is 0. The van der Waals surface area contributed by atoms with Crippen LogP contribution in [0.3, 0.4) is 0 Å². The smallest absolute Gasteiger partial charge is 0.395 e. The summed E-state index contributed by atoms with van der Waals surface area (Å²) in [7, 11) is 1.57. The van der Waals surface area contributed by atoms with Crippen LogP contribution in [0, 0.1) is 10.1 Å². The normalized spacial score (nSPS) is 11.7. The maximum Gasteiger partial charge on any atom is 0.401 e. The second kappa shape index (κ2) is 7.23. The number of hydrogen-bond acceptors (Lipinski definition) is 5. The van der Waals surface area contributed by atoms with Crippen LogP contribution in [-0.2, 0) is 6.54 Å². The maximum atomic E-state index is 12.5. The van der Waals surface area contributed by atoms with Gasteiger partial charge >= 0.3 is 6.18 Å². The summed E-state index contributed by atoms with van der Waals surface area (Å²) in [6.07, 6.45) is -4.41. The third-order valence-corrected chi connectivity index (χ3v) is 2.78. The molecule has 0 heterocycles. The average Bonchev–Trinajstić information content (AvgIpc) is 2.36. The number of alkyl halides is 3. The Kier molecular flexibility index (Phi) is 5.91. The summed E-state index contributed by atoms with van der Waals surface area (Å²) in [5.41, 5.74) is 0.676. The van der Waals surface area contributed by atoms with E-state index >= 15 is 0 Å². The van der Waals surface area contributed by atoms with Crippen LogP contribution in [0.2, 0.25) is 0 Å². The standard InChI is InChI=1S/C12H16F3N3O3/c1-16-11-3-2-10(18(20)21)6-9(11)7-17(4-5-19)8-12(13,14)15/h2-3,6,16,19H,4-5,7-8H2,1H3. The molecule has 0 amide bonds.